The van der Waals surface area contributed by atoms with Crippen LogP contribution in [0.25, 0.3) is 0 Å². The molecule has 0 unspecified atom stereocenters. The van der Waals surface area contributed by atoms with E-state index in [1.807, 2.05) is 0 Å². The number of hydrogen-bond acceptors (Lipinski definition) is 10. The highest BCUT2D eigenvalue weighted by Gasteiger charge is 2.31. The van der Waals surface area contributed by atoms with Gasteiger partial charge in [0.05, 0.1) is 17.4 Å². The van der Waals surface area contributed by atoms with Crippen LogP contribution in [-0.4, -0.2) is 64.7 Å². The van der Waals surface area contributed by atoms with Gasteiger partial charge in [0.1, 0.15) is 11.6 Å². The third-order valence-electron chi connectivity index (χ3n) is 6.10. The fraction of sp³-hybridized carbons (Fsp3) is 0.207. The predicted octanol–water partition coefficient (Wildman–Crippen LogP) is 6.83. The summed E-state index contributed by atoms with van der Waals surface area (Å²) in [5.74, 6) is 0.450. The Kier molecular flexibility index (Phi) is 11.0. The average molecular weight is 648 g/mol. The van der Waals surface area contributed by atoms with Crippen molar-refractivity contribution in [1.82, 2.24) is 15.3 Å². The molecular formula is C29H32F3N7O5S. The Hall–Kier alpha value is -4.61. The monoisotopic (exact) mass is 647 g/mol. The SMILES string of the molecule is COCCNCS(O)(O)c1cccc(Nc2nccc(N(C)c3ccc(NC(=O)Nc4ccc(OC(F)(F)F)cc4)cc3)n2)c1. The van der Waals surface area contributed by atoms with Gasteiger partial charge in [0, 0.05) is 49.6 Å². The molecule has 0 aliphatic heterocycles. The molecule has 45 heavy (non-hydrogen) atoms. The lowest BCUT2D eigenvalue weighted by molar-refractivity contribution is -0.274. The molecule has 0 radical (unpaired) electrons. The molecule has 0 saturated heterocycles. The molecule has 1 heterocycles. The molecular weight excluding hydrogens is 615 g/mol. The van der Waals surface area contributed by atoms with Crippen molar-refractivity contribution < 1.29 is 36.5 Å². The zero-order valence-corrected chi connectivity index (χ0v) is 25.0. The quantitative estimate of drug-likeness (QED) is 0.0851. The van der Waals surface area contributed by atoms with Gasteiger partial charge in [-0.25, -0.2) is 9.78 Å². The number of carbonyl (C=O) groups is 1. The molecule has 0 saturated carbocycles. The number of urea groups is 1. The number of rotatable bonds is 13. The van der Waals surface area contributed by atoms with Crippen LogP contribution >= 0.6 is 10.6 Å². The van der Waals surface area contributed by atoms with E-state index in [0.29, 0.717) is 41.2 Å². The number of alkyl halides is 3. The first-order valence-corrected chi connectivity index (χ1v) is 15.1. The van der Waals surface area contributed by atoms with Gasteiger partial charge in [-0.3, -0.25) is 14.4 Å². The van der Waals surface area contributed by atoms with Crippen LogP contribution in [0.3, 0.4) is 0 Å². The number of aromatic nitrogens is 2. The third-order valence-corrected chi connectivity index (χ3v) is 7.71. The van der Waals surface area contributed by atoms with Crippen LogP contribution in [0.5, 0.6) is 5.75 Å². The average Bonchev–Trinajstić information content (AvgIpc) is 3.00. The van der Waals surface area contributed by atoms with Gasteiger partial charge < -0.3 is 30.3 Å². The van der Waals surface area contributed by atoms with Gasteiger partial charge in [0.2, 0.25) is 5.95 Å². The number of hydrogen-bond donors (Lipinski definition) is 6. The highest BCUT2D eigenvalue weighted by Crippen LogP contribution is 2.47. The molecule has 4 rings (SSSR count). The standard InChI is InChI=1S/C29H32F3N7O5S/c1-39(23-10-6-20(7-11-23)36-28(40)37-21-8-12-24(13-9-21)44-29(30,31)32)26-14-15-34-27(38-26)35-22-4-3-5-25(18-22)45(41,42)19-33-16-17-43-2/h3-15,18,33,41-42H,16-17,19H2,1-2H3,(H,34,35,38)(H2,36,37,40). The Morgan fingerprint density at radius 2 is 1.62 bits per heavy atom. The van der Waals surface area contributed by atoms with Gasteiger partial charge in [0.25, 0.3) is 0 Å². The summed E-state index contributed by atoms with van der Waals surface area (Å²) in [5.41, 5.74) is 2.08. The summed E-state index contributed by atoms with van der Waals surface area (Å²) in [6.07, 6.45) is -3.22. The number of nitrogens with zero attached hydrogens (tertiary/aromatic N) is 3. The minimum absolute atomic E-state index is 0.00640. The predicted molar refractivity (Wildman–Crippen MR) is 168 cm³/mol. The normalized spacial score (nSPS) is 11.9. The highest BCUT2D eigenvalue weighted by atomic mass is 32.3. The molecule has 0 spiro atoms. The maximum atomic E-state index is 12.4. The largest absolute Gasteiger partial charge is 0.573 e. The molecule has 0 aliphatic carbocycles. The Morgan fingerprint density at radius 1 is 0.956 bits per heavy atom. The van der Waals surface area contributed by atoms with E-state index in [9.17, 15) is 27.1 Å². The van der Waals surface area contributed by atoms with Crippen LogP contribution in [0.2, 0.25) is 0 Å². The van der Waals surface area contributed by atoms with Crippen molar-refractivity contribution in [3.63, 3.8) is 0 Å². The number of carbonyl (C=O) groups excluding carboxylic acids is 1. The number of benzene rings is 3. The molecule has 0 fully saturated rings. The van der Waals surface area contributed by atoms with Crippen LogP contribution < -0.4 is 30.9 Å². The molecule has 16 heteroatoms. The molecule has 2 amide bonds. The summed E-state index contributed by atoms with van der Waals surface area (Å²) in [4.78, 5) is 23.4. The van der Waals surface area contributed by atoms with E-state index < -0.39 is 28.7 Å². The van der Waals surface area contributed by atoms with E-state index in [1.54, 1.807) is 79.9 Å². The summed E-state index contributed by atoms with van der Waals surface area (Å²) in [7, 11) is 0.302. The van der Waals surface area contributed by atoms with Crippen molar-refractivity contribution in [3.05, 3.63) is 85.1 Å². The van der Waals surface area contributed by atoms with E-state index >= 15 is 0 Å². The van der Waals surface area contributed by atoms with Crippen LogP contribution in [0.4, 0.5) is 52.5 Å². The smallest absolute Gasteiger partial charge is 0.406 e. The van der Waals surface area contributed by atoms with E-state index in [2.05, 4.69) is 36.0 Å². The highest BCUT2D eigenvalue weighted by molar-refractivity contribution is 8.24. The van der Waals surface area contributed by atoms with E-state index in [1.165, 1.54) is 12.1 Å². The van der Waals surface area contributed by atoms with Crippen LogP contribution in [0.1, 0.15) is 0 Å². The second-order valence-corrected chi connectivity index (χ2v) is 11.5. The first kappa shape index (κ1) is 33.3. The summed E-state index contributed by atoms with van der Waals surface area (Å²) >= 11 is 0. The molecule has 12 nitrogen and oxygen atoms in total. The van der Waals surface area contributed by atoms with Gasteiger partial charge in [-0.2, -0.15) is 15.6 Å². The lowest BCUT2D eigenvalue weighted by Gasteiger charge is -2.32. The summed E-state index contributed by atoms with van der Waals surface area (Å²) in [5, 5.41) is 11.3. The Labute approximate surface area is 259 Å². The minimum atomic E-state index is -4.80. The zero-order chi connectivity index (χ0) is 32.5. The fourth-order valence-electron chi connectivity index (χ4n) is 3.91. The second-order valence-electron chi connectivity index (χ2n) is 9.45. The minimum Gasteiger partial charge on any atom is -0.406 e. The zero-order valence-electron chi connectivity index (χ0n) is 24.2. The molecule has 4 aromatic rings. The fourth-order valence-corrected chi connectivity index (χ4v) is 5.12. The van der Waals surface area contributed by atoms with Crippen LogP contribution in [0.15, 0.2) is 90.0 Å². The first-order valence-electron chi connectivity index (χ1n) is 13.4. The Balaban J connectivity index is 1.34. The molecule has 0 bridgehead atoms. The molecule has 240 valence electrons. The van der Waals surface area contributed by atoms with E-state index in [-0.39, 0.29) is 11.6 Å². The number of amides is 2. The van der Waals surface area contributed by atoms with Gasteiger partial charge >= 0.3 is 12.4 Å². The summed E-state index contributed by atoms with van der Waals surface area (Å²) < 4.78 is 67.0. The number of methoxy groups -OCH3 is 1. The van der Waals surface area contributed by atoms with Crippen molar-refractivity contribution in [3.8, 4) is 5.75 Å². The van der Waals surface area contributed by atoms with Crippen molar-refractivity contribution in [2.24, 2.45) is 0 Å². The second kappa shape index (κ2) is 14.9. The number of halogens is 3. The molecule has 0 atom stereocenters. The molecule has 6 N–H and O–H groups in total. The van der Waals surface area contributed by atoms with Crippen molar-refractivity contribution in [2.45, 2.75) is 11.3 Å². The Morgan fingerprint density at radius 3 is 2.27 bits per heavy atom. The van der Waals surface area contributed by atoms with Crippen molar-refractivity contribution in [2.75, 3.05) is 54.0 Å². The van der Waals surface area contributed by atoms with E-state index in [4.69, 9.17) is 4.74 Å². The molecule has 3 aromatic carbocycles. The molecule has 1 aromatic heterocycles. The summed E-state index contributed by atoms with van der Waals surface area (Å²) in [6, 6.07) is 19.5. The number of ether oxygens (including phenoxy) is 2. The van der Waals surface area contributed by atoms with Crippen LogP contribution in [-0.2, 0) is 4.74 Å². The summed E-state index contributed by atoms with van der Waals surface area (Å²) in [6.45, 7) is 0.933. The lowest BCUT2D eigenvalue weighted by Crippen LogP contribution is -2.24. The van der Waals surface area contributed by atoms with E-state index in [0.717, 1.165) is 17.8 Å². The maximum Gasteiger partial charge on any atom is 0.573 e. The van der Waals surface area contributed by atoms with Crippen molar-refractivity contribution in [1.29, 1.82) is 0 Å². The topological polar surface area (TPSA) is 153 Å². The maximum absolute atomic E-state index is 12.4. The van der Waals surface area contributed by atoms with Gasteiger partial charge in [0.15, 0.2) is 0 Å². The lowest BCUT2D eigenvalue weighted by atomic mass is 10.2. The number of nitrogens with one attached hydrogen (secondary N) is 4. The Bertz CT molecular complexity index is 1560. The third kappa shape index (κ3) is 10.2. The number of anilines is 6. The van der Waals surface area contributed by atoms with Gasteiger partial charge in [-0.1, -0.05) is 6.07 Å². The van der Waals surface area contributed by atoms with Gasteiger partial charge in [-0.15, -0.1) is 13.2 Å². The van der Waals surface area contributed by atoms with Gasteiger partial charge in [-0.05, 0) is 72.8 Å². The first-order chi connectivity index (χ1) is 21.4. The van der Waals surface area contributed by atoms with Crippen molar-refractivity contribution >= 4 is 51.1 Å². The molecule has 0 aliphatic rings. The van der Waals surface area contributed by atoms with Crippen LogP contribution in [0, 0.1) is 0 Å².